The van der Waals surface area contributed by atoms with E-state index in [1.54, 1.807) is 30.3 Å². The minimum absolute atomic E-state index is 0.0584. The molecular weight excluding hydrogens is 595 g/mol. The largest absolute Gasteiger partial charge is 0.489 e. The number of benzene rings is 4. The van der Waals surface area contributed by atoms with Gasteiger partial charge in [-0.2, -0.15) is 0 Å². The summed E-state index contributed by atoms with van der Waals surface area (Å²) in [4.78, 5) is 41.6. The van der Waals surface area contributed by atoms with E-state index in [4.69, 9.17) is 14.2 Å². The first kappa shape index (κ1) is 30.0. The van der Waals surface area contributed by atoms with E-state index in [-0.39, 0.29) is 24.7 Å². The molecule has 1 fully saturated rings. The minimum atomic E-state index is -0.852. The van der Waals surface area contributed by atoms with E-state index in [1.807, 2.05) is 66.7 Å². The summed E-state index contributed by atoms with van der Waals surface area (Å²) in [6, 6.07) is 32.4. The topological polar surface area (TPSA) is 94.2 Å². The Kier molecular flexibility index (Phi) is 9.11. The molecular formula is C35H29FN2O6S. The zero-order chi connectivity index (χ0) is 31.2. The third-order valence-corrected chi connectivity index (χ3v) is 8.65. The number of rotatable bonds is 11. The highest BCUT2D eigenvalue weighted by molar-refractivity contribution is 8.00. The second-order valence-corrected chi connectivity index (χ2v) is 11.5. The van der Waals surface area contributed by atoms with Crippen molar-refractivity contribution in [2.24, 2.45) is 0 Å². The van der Waals surface area contributed by atoms with Crippen molar-refractivity contribution in [2.45, 2.75) is 17.5 Å². The number of β-lactam (4-membered cyclic amide) rings is 1. The fourth-order valence-electron chi connectivity index (χ4n) is 5.14. The number of halogens is 1. The van der Waals surface area contributed by atoms with Gasteiger partial charge in [-0.05, 0) is 35.4 Å². The number of amides is 2. The zero-order valence-electron chi connectivity index (χ0n) is 24.0. The molecule has 2 aliphatic heterocycles. The van der Waals surface area contributed by atoms with Gasteiger partial charge in [0, 0.05) is 17.4 Å². The standard InChI is InChI=1S/C35H29FN2O6S/c36-26-15-10-18-28(19-26)42-20-25-22-45-34-30(37-29(39)21-43-27-16-8-3-9-17-27)33(40)38(34)31(25)35(41)44-32(23-11-4-1-5-12-23)24-13-6-2-7-14-24/h1-19,30,32,34H,20-22H2,(H,37,39)/t30?,34-/m0/s1. The Morgan fingerprint density at radius 2 is 1.47 bits per heavy atom. The summed E-state index contributed by atoms with van der Waals surface area (Å²) < 4.78 is 31.3. The van der Waals surface area contributed by atoms with Crippen LogP contribution in [0.15, 0.2) is 127 Å². The smallest absolute Gasteiger partial charge is 0.356 e. The first-order chi connectivity index (χ1) is 22.0. The highest BCUT2D eigenvalue weighted by Crippen LogP contribution is 2.41. The van der Waals surface area contributed by atoms with Crippen molar-refractivity contribution < 1.29 is 33.0 Å². The third kappa shape index (κ3) is 6.86. The van der Waals surface area contributed by atoms with E-state index >= 15 is 0 Å². The van der Waals surface area contributed by atoms with Gasteiger partial charge in [0.15, 0.2) is 12.7 Å². The van der Waals surface area contributed by atoms with Crippen molar-refractivity contribution in [2.75, 3.05) is 19.0 Å². The third-order valence-electron chi connectivity index (χ3n) is 7.31. The number of para-hydroxylation sites is 1. The molecule has 0 bridgehead atoms. The average molecular weight is 625 g/mol. The molecule has 0 radical (unpaired) electrons. The molecule has 2 heterocycles. The minimum Gasteiger partial charge on any atom is -0.489 e. The van der Waals surface area contributed by atoms with Crippen LogP contribution in [0.2, 0.25) is 0 Å². The van der Waals surface area contributed by atoms with Crippen molar-refractivity contribution in [3.63, 3.8) is 0 Å². The maximum absolute atomic E-state index is 14.0. The van der Waals surface area contributed by atoms with Crippen LogP contribution in [-0.2, 0) is 19.1 Å². The fraction of sp³-hybridized carbons (Fsp3) is 0.171. The van der Waals surface area contributed by atoms with Crippen molar-refractivity contribution >= 4 is 29.5 Å². The molecule has 0 aliphatic carbocycles. The Bertz CT molecular complexity index is 1660. The summed E-state index contributed by atoms with van der Waals surface area (Å²) in [5, 5.41) is 2.21. The zero-order valence-corrected chi connectivity index (χ0v) is 24.8. The van der Waals surface area contributed by atoms with Gasteiger partial charge in [-0.15, -0.1) is 11.8 Å². The number of hydrogen-bond acceptors (Lipinski definition) is 7. The van der Waals surface area contributed by atoms with E-state index in [0.717, 1.165) is 11.1 Å². The number of hydrogen-bond donors (Lipinski definition) is 1. The second kappa shape index (κ2) is 13.7. The number of esters is 1. The molecule has 1 N–H and O–H groups in total. The van der Waals surface area contributed by atoms with Crippen molar-refractivity contribution in [1.82, 2.24) is 10.2 Å². The van der Waals surface area contributed by atoms with E-state index in [0.29, 0.717) is 17.1 Å². The van der Waals surface area contributed by atoms with Gasteiger partial charge in [0.05, 0.1) is 0 Å². The Hall–Kier alpha value is -5.09. The molecule has 0 saturated carbocycles. The molecule has 1 unspecified atom stereocenters. The van der Waals surface area contributed by atoms with Crippen LogP contribution >= 0.6 is 11.8 Å². The number of thioether (sulfide) groups is 1. The van der Waals surface area contributed by atoms with Crippen LogP contribution in [0, 0.1) is 5.82 Å². The van der Waals surface area contributed by atoms with Crippen LogP contribution < -0.4 is 14.8 Å². The highest BCUT2D eigenvalue weighted by Gasteiger charge is 2.54. The Labute approximate surface area is 263 Å². The lowest BCUT2D eigenvalue weighted by molar-refractivity contribution is -0.155. The number of ether oxygens (including phenoxy) is 3. The number of carbonyl (C=O) groups excluding carboxylic acids is 3. The van der Waals surface area contributed by atoms with Crippen LogP contribution in [0.3, 0.4) is 0 Å². The second-order valence-electron chi connectivity index (χ2n) is 10.4. The molecule has 4 aromatic carbocycles. The van der Waals surface area contributed by atoms with Gasteiger partial charge in [0.2, 0.25) is 0 Å². The van der Waals surface area contributed by atoms with Gasteiger partial charge < -0.3 is 19.5 Å². The Morgan fingerprint density at radius 1 is 0.844 bits per heavy atom. The van der Waals surface area contributed by atoms with Gasteiger partial charge in [-0.3, -0.25) is 14.5 Å². The molecule has 1 saturated heterocycles. The van der Waals surface area contributed by atoms with E-state index in [1.165, 1.54) is 34.9 Å². The first-order valence-corrected chi connectivity index (χ1v) is 15.4. The molecule has 6 rings (SSSR count). The summed E-state index contributed by atoms with van der Waals surface area (Å²) in [6.07, 6.45) is -0.743. The normalized spacial score (nSPS) is 17.3. The summed E-state index contributed by atoms with van der Waals surface area (Å²) in [6.45, 7) is -0.334. The molecule has 45 heavy (non-hydrogen) atoms. The lowest BCUT2D eigenvalue weighted by atomic mass is 10.0. The molecule has 2 amide bonds. The molecule has 10 heteroatoms. The fourth-order valence-corrected chi connectivity index (χ4v) is 6.47. The first-order valence-electron chi connectivity index (χ1n) is 14.3. The van der Waals surface area contributed by atoms with Crippen molar-refractivity contribution in [3.8, 4) is 11.5 Å². The number of carbonyl (C=O) groups is 3. The molecule has 0 aromatic heterocycles. The number of fused-ring (bicyclic) bond motifs is 1. The van der Waals surface area contributed by atoms with Crippen LogP contribution in [0.5, 0.6) is 11.5 Å². The van der Waals surface area contributed by atoms with Crippen molar-refractivity contribution in [1.29, 1.82) is 0 Å². The van der Waals surface area contributed by atoms with Gasteiger partial charge in [-0.1, -0.05) is 84.9 Å². The molecule has 228 valence electrons. The van der Waals surface area contributed by atoms with E-state index in [2.05, 4.69) is 5.32 Å². The SMILES string of the molecule is O=C(COc1ccccc1)NC1C(=O)N2C(C(=O)OC(c3ccccc3)c3ccccc3)=C(COc3cccc(F)c3)CS[C@@H]12. The van der Waals surface area contributed by atoms with Crippen LogP contribution in [0.25, 0.3) is 0 Å². The Balaban J connectivity index is 1.24. The van der Waals surface area contributed by atoms with Crippen LogP contribution in [0.4, 0.5) is 4.39 Å². The lowest BCUT2D eigenvalue weighted by Gasteiger charge is -2.49. The molecule has 2 aliphatic rings. The molecule has 0 spiro atoms. The maximum atomic E-state index is 14.0. The predicted octanol–water partition coefficient (Wildman–Crippen LogP) is 5.27. The number of nitrogens with zero attached hydrogens (tertiary/aromatic N) is 1. The average Bonchev–Trinajstić information content (AvgIpc) is 3.08. The van der Waals surface area contributed by atoms with E-state index in [9.17, 15) is 18.8 Å². The predicted molar refractivity (Wildman–Crippen MR) is 167 cm³/mol. The molecule has 8 nitrogen and oxygen atoms in total. The van der Waals surface area contributed by atoms with E-state index < -0.39 is 41.1 Å². The lowest BCUT2D eigenvalue weighted by Crippen LogP contribution is -2.71. The number of nitrogens with one attached hydrogen (secondary N) is 1. The van der Waals surface area contributed by atoms with Crippen molar-refractivity contribution in [3.05, 3.63) is 143 Å². The molecule has 4 aromatic rings. The summed E-state index contributed by atoms with van der Waals surface area (Å²) in [5.41, 5.74) is 2.09. The Morgan fingerprint density at radius 3 is 2.11 bits per heavy atom. The van der Waals surface area contributed by atoms with Crippen LogP contribution in [0.1, 0.15) is 17.2 Å². The van der Waals surface area contributed by atoms with Gasteiger partial charge >= 0.3 is 5.97 Å². The van der Waals surface area contributed by atoms with Crippen LogP contribution in [-0.4, -0.2) is 53.1 Å². The summed E-state index contributed by atoms with van der Waals surface area (Å²) in [7, 11) is 0. The highest BCUT2D eigenvalue weighted by atomic mass is 32.2. The quantitative estimate of drug-likeness (QED) is 0.180. The van der Waals surface area contributed by atoms with Gasteiger partial charge in [0.25, 0.3) is 11.8 Å². The molecule has 2 atom stereocenters. The monoisotopic (exact) mass is 624 g/mol. The van der Waals surface area contributed by atoms with Gasteiger partial charge in [-0.25, -0.2) is 9.18 Å². The summed E-state index contributed by atoms with van der Waals surface area (Å²) >= 11 is 1.39. The van der Waals surface area contributed by atoms with Gasteiger partial charge in [0.1, 0.15) is 41.0 Å². The summed E-state index contributed by atoms with van der Waals surface area (Å²) in [5.74, 6) is -0.939. The maximum Gasteiger partial charge on any atom is 0.356 e.